The summed E-state index contributed by atoms with van der Waals surface area (Å²) in [6.07, 6.45) is 0.737. The van der Waals surface area contributed by atoms with Crippen molar-refractivity contribution in [3.05, 3.63) is 53.6 Å². The first-order chi connectivity index (χ1) is 13.3. The van der Waals surface area contributed by atoms with Crippen molar-refractivity contribution >= 4 is 20.0 Å². The van der Waals surface area contributed by atoms with Gasteiger partial charge in [0, 0.05) is 19.0 Å². The molecule has 0 bridgehead atoms. The van der Waals surface area contributed by atoms with E-state index >= 15 is 0 Å². The lowest BCUT2D eigenvalue weighted by Crippen LogP contribution is -2.23. The zero-order chi connectivity index (χ0) is 20.2. The molecule has 0 fully saturated rings. The van der Waals surface area contributed by atoms with Crippen LogP contribution in [0.3, 0.4) is 0 Å². The maximum atomic E-state index is 12.6. The summed E-state index contributed by atoms with van der Waals surface area (Å²) in [7, 11) is -5.73. The van der Waals surface area contributed by atoms with Crippen LogP contribution < -0.4 is 18.9 Å². The zero-order valence-corrected chi connectivity index (χ0v) is 17.0. The molecule has 28 heavy (non-hydrogen) atoms. The highest BCUT2D eigenvalue weighted by Gasteiger charge is 2.18. The van der Waals surface area contributed by atoms with E-state index in [0.717, 1.165) is 6.42 Å². The predicted molar refractivity (Wildman–Crippen MR) is 104 cm³/mol. The highest BCUT2D eigenvalue weighted by atomic mass is 32.2. The van der Waals surface area contributed by atoms with Crippen molar-refractivity contribution in [2.24, 2.45) is 0 Å². The van der Waals surface area contributed by atoms with Gasteiger partial charge in [-0.05, 0) is 30.3 Å². The Bertz CT molecular complexity index is 1030. The maximum Gasteiger partial charge on any atom is 0.241 e. The van der Waals surface area contributed by atoms with E-state index in [4.69, 9.17) is 9.47 Å². The average Bonchev–Trinajstić information content (AvgIpc) is 2.92. The molecule has 10 heteroatoms. The van der Waals surface area contributed by atoms with Crippen LogP contribution in [0.4, 0.5) is 0 Å². The van der Waals surface area contributed by atoms with Crippen LogP contribution in [0.5, 0.6) is 11.5 Å². The summed E-state index contributed by atoms with van der Waals surface area (Å²) in [6.45, 7) is 1.08. The predicted octanol–water partition coefficient (Wildman–Crippen LogP) is 1.38. The van der Waals surface area contributed by atoms with Crippen molar-refractivity contribution in [3.63, 3.8) is 0 Å². The topological polar surface area (TPSA) is 111 Å². The van der Waals surface area contributed by atoms with Crippen molar-refractivity contribution in [2.75, 3.05) is 20.3 Å². The lowest BCUT2D eigenvalue weighted by molar-refractivity contribution is 0.297. The van der Waals surface area contributed by atoms with Crippen LogP contribution >= 0.6 is 0 Å². The molecule has 0 unspecified atom stereocenters. The van der Waals surface area contributed by atoms with E-state index < -0.39 is 20.0 Å². The van der Waals surface area contributed by atoms with Gasteiger partial charge in [-0.3, -0.25) is 0 Å². The van der Waals surface area contributed by atoms with Gasteiger partial charge in [0.2, 0.25) is 20.0 Å². The molecule has 2 N–H and O–H groups in total. The second-order valence-corrected chi connectivity index (χ2v) is 9.96. The average molecular weight is 427 g/mol. The standard InChI is InChI=1S/C18H22N2O6S2/c1-19-27(21,22)13-15-5-3-14(4-6-15)12-20-28(23,24)16-7-8-17-18(11-16)26-10-2-9-25-17/h3-8,11,19-20H,2,9-10,12-13H2,1H3. The number of ether oxygens (including phenoxy) is 2. The third kappa shape index (κ3) is 5.22. The summed E-state index contributed by atoms with van der Waals surface area (Å²) >= 11 is 0. The minimum Gasteiger partial charge on any atom is -0.490 e. The number of nitrogens with one attached hydrogen (secondary N) is 2. The van der Waals surface area contributed by atoms with E-state index in [1.165, 1.54) is 19.2 Å². The Kier molecular flexibility index (Phi) is 6.23. The number of benzene rings is 2. The SMILES string of the molecule is CNS(=O)(=O)Cc1ccc(CNS(=O)(=O)c2ccc3c(c2)OCCCO3)cc1. The monoisotopic (exact) mass is 426 g/mol. The van der Waals surface area contributed by atoms with Crippen molar-refractivity contribution in [1.29, 1.82) is 0 Å². The van der Waals surface area contributed by atoms with E-state index in [-0.39, 0.29) is 17.2 Å². The number of rotatable bonds is 7. The molecule has 0 saturated carbocycles. The molecule has 0 amide bonds. The Morgan fingerprint density at radius 2 is 1.54 bits per heavy atom. The first-order valence-corrected chi connectivity index (χ1v) is 11.8. The maximum absolute atomic E-state index is 12.6. The summed E-state index contributed by atoms with van der Waals surface area (Å²) in [5.41, 5.74) is 1.33. The number of fused-ring (bicyclic) bond motifs is 1. The molecule has 1 aliphatic rings. The van der Waals surface area contributed by atoms with Crippen molar-refractivity contribution in [3.8, 4) is 11.5 Å². The summed E-state index contributed by atoms with van der Waals surface area (Å²) in [5, 5.41) is 0. The quantitative estimate of drug-likeness (QED) is 0.692. The molecule has 1 heterocycles. The van der Waals surface area contributed by atoms with Crippen LogP contribution in [0.1, 0.15) is 17.5 Å². The van der Waals surface area contributed by atoms with Gasteiger partial charge in [0.25, 0.3) is 0 Å². The number of hydrogen-bond donors (Lipinski definition) is 2. The van der Waals surface area contributed by atoms with Gasteiger partial charge in [0.1, 0.15) is 0 Å². The lowest BCUT2D eigenvalue weighted by Gasteiger charge is -2.11. The van der Waals surface area contributed by atoms with Crippen molar-refractivity contribution in [2.45, 2.75) is 23.6 Å². The van der Waals surface area contributed by atoms with Gasteiger partial charge < -0.3 is 9.47 Å². The van der Waals surface area contributed by atoms with Gasteiger partial charge >= 0.3 is 0 Å². The fourth-order valence-electron chi connectivity index (χ4n) is 2.62. The molecule has 0 spiro atoms. The number of sulfonamides is 2. The molecule has 3 rings (SSSR count). The normalized spacial score (nSPS) is 14.5. The second-order valence-electron chi connectivity index (χ2n) is 6.26. The molecule has 1 aliphatic heterocycles. The largest absolute Gasteiger partial charge is 0.490 e. The third-order valence-electron chi connectivity index (χ3n) is 4.19. The van der Waals surface area contributed by atoms with Crippen LogP contribution in [0, 0.1) is 0 Å². The minimum absolute atomic E-state index is 0.0792. The van der Waals surface area contributed by atoms with E-state index in [1.807, 2.05) is 0 Å². The molecule has 0 aromatic heterocycles. The van der Waals surface area contributed by atoms with Gasteiger partial charge in [-0.25, -0.2) is 26.3 Å². The van der Waals surface area contributed by atoms with Crippen LogP contribution in [0.2, 0.25) is 0 Å². The Labute approximate surface area is 165 Å². The first-order valence-electron chi connectivity index (χ1n) is 8.67. The molecule has 2 aromatic rings. The van der Waals surface area contributed by atoms with E-state index in [1.54, 1.807) is 30.3 Å². The highest BCUT2D eigenvalue weighted by Crippen LogP contribution is 2.31. The van der Waals surface area contributed by atoms with E-state index in [2.05, 4.69) is 9.44 Å². The molecule has 0 aliphatic carbocycles. The molecular weight excluding hydrogens is 404 g/mol. The molecule has 8 nitrogen and oxygen atoms in total. The fourth-order valence-corrected chi connectivity index (χ4v) is 4.43. The van der Waals surface area contributed by atoms with E-state index in [9.17, 15) is 16.8 Å². The van der Waals surface area contributed by atoms with Gasteiger partial charge in [-0.1, -0.05) is 24.3 Å². The molecule has 0 radical (unpaired) electrons. The minimum atomic E-state index is -3.74. The van der Waals surface area contributed by atoms with Gasteiger partial charge in [0.15, 0.2) is 11.5 Å². The van der Waals surface area contributed by atoms with E-state index in [0.29, 0.717) is 35.8 Å². The van der Waals surface area contributed by atoms with Gasteiger partial charge in [0.05, 0.1) is 23.9 Å². The molecule has 2 aromatic carbocycles. The zero-order valence-electron chi connectivity index (χ0n) is 15.3. The molecule has 152 valence electrons. The van der Waals surface area contributed by atoms with Crippen LogP contribution in [-0.4, -0.2) is 37.1 Å². The van der Waals surface area contributed by atoms with Gasteiger partial charge in [-0.15, -0.1) is 0 Å². The van der Waals surface area contributed by atoms with Crippen LogP contribution in [0.15, 0.2) is 47.4 Å². The molecule has 0 saturated heterocycles. The van der Waals surface area contributed by atoms with Crippen molar-refractivity contribution < 1.29 is 26.3 Å². The fraction of sp³-hybridized carbons (Fsp3) is 0.333. The third-order valence-corrected chi connectivity index (χ3v) is 6.92. The van der Waals surface area contributed by atoms with Crippen LogP contribution in [0.25, 0.3) is 0 Å². The Balaban J connectivity index is 1.67. The molecular formula is C18H22N2O6S2. The second kappa shape index (κ2) is 8.48. The summed E-state index contributed by atoms with van der Waals surface area (Å²) in [4.78, 5) is 0.0912. The summed E-state index contributed by atoms with van der Waals surface area (Å²) in [6, 6.07) is 11.2. The summed E-state index contributed by atoms with van der Waals surface area (Å²) in [5.74, 6) is 0.811. The molecule has 0 atom stereocenters. The Morgan fingerprint density at radius 3 is 2.21 bits per heavy atom. The Morgan fingerprint density at radius 1 is 0.893 bits per heavy atom. The smallest absolute Gasteiger partial charge is 0.241 e. The van der Waals surface area contributed by atoms with Crippen molar-refractivity contribution in [1.82, 2.24) is 9.44 Å². The lowest BCUT2D eigenvalue weighted by atomic mass is 10.1. The highest BCUT2D eigenvalue weighted by molar-refractivity contribution is 7.89. The Hall–Kier alpha value is -2.14. The summed E-state index contributed by atoms with van der Waals surface area (Å²) < 4.78 is 64.1. The van der Waals surface area contributed by atoms with Crippen LogP contribution in [-0.2, 0) is 32.3 Å². The first kappa shape index (κ1) is 20.6. The number of hydrogen-bond acceptors (Lipinski definition) is 6. The van der Waals surface area contributed by atoms with Gasteiger partial charge in [-0.2, -0.15) is 0 Å².